The highest BCUT2D eigenvalue weighted by Crippen LogP contribution is 1.90. The molecule has 0 atom stereocenters. The van der Waals surface area contributed by atoms with Gasteiger partial charge in [0.25, 0.3) is 0 Å². The summed E-state index contributed by atoms with van der Waals surface area (Å²) in [7, 11) is 0. The molecule has 47 valence electrons. The molecule has 1 heterocycles. The van der Waals surface area contributed by atoms with E-state index in [2.05, 4.69) is 19.2 Å². The number of rotatable bonds is 2. The smallest absolute Gasteiger partial charge is 0.0692 e. The van der Waals surface area contributed by atoms with Crippen LogP contribution < -0.4 is 0 Å². The predicted octanol–water partition coefficient (Wildman–Crippen LogP) is 2.17. The summed E-state index contributed by atoms with van der Waals surface area (Å²) < 4.78 is 1.91. The van der Waals surface area contributed by atoms with Crippen molar-refractivity contribution in [3.05, 3.63) is 30.6 Å². The van der Waals surface area contributed by atoms with E-state index in [9.17, 15) is 0 Å². The van der Waals surface area contributed by atoms with Crippen LogP contribution in [0.5, 0.6) is 0 Å². The van der Waals surface area contributed by atoms with Crippen molar-refractivity contribution in [1.29, 1.82) is 0 Å². The number of allylic oxidation sites excluding steroid dienone is 1. The van der Waals surface area contributed by atoms with Crippen LogP contribution in [0.1, 0.15) is 13.3 Å². The van der Waals surface area contributed by atoms with Gasteiger partial charge in [-0.1, -0.05) is 13.0 Å². The van der Waals surface area contributed by atoms with Crippen molar-refractivity contribution in [2.45, 2.75) is 13.3 Å². The third-order valence-corrected chi connectivity index (χ3v) is 1.07. The van der Waals surface area contributed by atoms with Crippen molar-refractivity contribution in [3.63, 3.8) is 0 Å². The Kier molecular flexibility index (Phi) is 2.13. The molecule has 9 heavy (non-hydrogen) atoms. The predicted molar refractivity (Wildman–Crippen MR) is 38.9 cm³/mol. The first kappa shape index (κ1) is 6.14. The fraction of sp³-hybridized carbons (Fsp3) is 0.250. The highest BCUT2D eigenvalue weighted by molar-refractivity contribution is 5.21. The van der Waals surface area contributed by atoms with E-state index in [1.54, 1.807) is 0 Å². The van der Waals surface area contributed by atoms with Crippen molar-refractivity contribution in [1.82, 2.24) is 4.57 Å². The zero-order valence-corrected chi connectivity index (χ0v) is 5.54. The van der Waals surface area contributed by atoms with Crippen LogP contribution in [-0.2, 0) is 0 Å². The standard InChI is InChI=1S/C8H10N/c1-2-3-6-9-7-4-5-8-9/h3-7H,2H2,1H3/b6-3+. The first-order chi connectivity index (χ1) is 4.43. The zero-order valence-electron chi connectivity index (χ0n) is 5.54. The van der Waals surface area contributed by atoms with Gasteiger partial charge in [-0.15, -0.1) is 0 Å². The Morgan fingerprint density at radius 1 is 1.67 bits per heavy atom. The maximum Gasteiger partial charge on any atom is 0.0692 e. The van der Waals surface area contributed by atoms with Crippen LogP contribution in [0.4, 0.5) is 0 Å². The molecular formula is C8H10N. The summed E-state index contributed by atoms with van der Waals surface area (Å²) in [6.07, 6.45) is 10.1. The Hall–Kier alpha value is -0.980. The first-order valence-corrected chi connectivity index (χ1v) is 3.14. The molecule has 0 saturated heterocycles. The molecule has 0 amide bonds. The lowest BCUT2D eigenvalue weighted by atomic mass is 10.5. The second kappa shape index (κ2) is 3.13. The van der Waals surface area contributed by atoms with E-state index in [4.69, 9.17) is 0 Å². The largest absolute Gasteiger partial charge is 0.322 e. The fourth-order valence-electron chi connectivity index (χ4n) is 0.620. The van der Waals surface area contributed by atoms with Crippen LogP contribution in [0.15, 0.2) is 24.4 Å². The molecule has 1 aromatic heterocycles. The molecular weight excluding hydrogens is 110 g/mol. The minimum Gasteiger partial charge on any atom is -0.322 e. The first-order valence-electron chi connectivity index (χ1n) is 3.14. The zero-order chi connectivity index (χ0) is 6.53. The van der Waals surface area contributed by atoms with Gasteiger partial charge in [-0.3, -0.25) is 0 Å². The highest BCUT2D eigenvalue weighted by Gasteiger charge is 1.76. The molecule has 0 aliphatic rings. The lowest BCUT2D eigenvalue weighted by Crippen LogP contribution is -1.76. The third kappa shape index (κ3) is 1.76. The van der Waals surface area contributed by atoms with Crippen LogP contribution >= 0.6 is 0 Å². The molecule has 0 aliphatic carbocycles. The normalized spacial score (nSPS) is 10.8. The van der Waals surface area contributed by atoms with Gasteiger partial charge in [-0.05, 0) is 18.6 Å². The lowest BCUT2D eigenvalue weighted by Gasteiger charge is -1.86. The number of aromatic nitrogens is 1. The maximum atomic E-state index is 3.00. The summed E-state index contributed by atoms with van der Waals surface area (Å²) in [4.78, 5) is 0. The summed E-state index contributed by atoms with van der Waals surface area (Å²) in [6.45, 7) is 2.11. The quantitative estimate of drug-likeness (QED) is 0.563. The van der Waals surface area contributed by atoms with Gasteiger partial charge in [0.05, 0.1) is 6.20 Å². The number of nitrogens with zero attached hydrogens (tertiary/aromatic N) is 1. The Bertz CT molecular complexity index is 172. The molecule has 0 unspecified atom stereocenters. The molecule has 1 rings (SSSR count). The molecule has 1 heteroatoms. The summed E-state index contributed by atoms with van der Waals surface area (Å²) in [6, 6.07) is 3.85. The van der Waals surface area contributed by atoms with Gasteiger partial charge < -0.3 is 4.57 Å². The summed E-state index contributed by atoms with van der Waals surface area (Å²) in [5.41, 5.74) is 0. The lowest BCUT2D eigenvalue weighted by molar-refractivity contribution is 1.13. The van der Waals surface area contributed by atoms with Gasteiger partial charge >= 0.3 is 0 Å². The van der Waals surface area contributed by atoms with E-state index >= 15 is 0 Å². The maximum absolute atomic E-state index is 3.00. The fourth-order valence-corrected chi connectivity index (χ4v) is 0.620. The van der Waals surface area contributed by atoms with Crippen LogP contribution in [0.25, 0.3) is 6.20 Å². The van der Waals surface area contributed by atoms with Gasteiger partial charge in [0.15, 0.2) is 0 Å². The highest BCUT2D eigenvalue weighted by atomic mass is 14.9. The minimum atomic E-state index is 1.08. The summed E-state index contributed by atoms with van der Waals surface area (Å²) in [5, 5.41) is 0. The monoisotopic (exact) mass is 120 g/mol. The van der Waals surface area contributed by atoms with Crippen LogP contribution in [-0.4, -0.2) is 4.57 Å². The average Bonchev–Trinajstić information content (AvgIpc) is 2.34. The SMILES string of the molecule is CC/C=C/n1[c]ccc1. The molecule has 1 nitrogen and oxygen atoms in total. The molecule has 0 aliphatic heterocycles. The molecule has 0 bridgehead atoms. The minimum absolute atomic E-state index is 1.08. The van der Waals surface area contributed by atoms with E-state index in [0.29, 0.717) is 0 Å². The second-order valence-electron chi connectivity index (χ2n) is 1.84. The molecule has 1 radical (unpaired) electrons. The van der Waals surface area contributed by atoms with Crippen molar-refractivity contribution >= 4 is 6.20 Å². The van der Waals surface area contributed by atoms with Crippen LogP contribution in [0.2, 0.25) is 0 Å². The summed E-state index contributed by atoms with van der Waals surface area (Å²) in [5.74, 6) is 0. The Labute approximate surface area is 55.6 Å². The van der Waals surface area contributed by atoms with Gasteiger partial charge in [0.1, 0.15) is 0 Å². The third-order valence-electron chi connectivity index (χ3n) is 1.07. The van der Waals surface area contributed by atoms with Crippen molar-refractivity contribution < 1.29 is 0 Å². The van der Waals surface area contributed by atoms with E-state index in [0.717, 1.165) is 6.42 Å². The average molecular weight is 120 g/mol. The van der Waals surface area contributed by atoms with Gasteiger partial charge in [0.2, 0.25) is 0 Å². The van der Waals surface area contributed by atoms with Crippen LogP contribution in [0.3, 0.4) is 0 Å². The Morgan fingerprint density at radius 3 is 3.11 bits per heavy atom. The van der Waals surface area contributed by atoms with Crippen molar-refractivity contribution in [2.75, 3.05) is 0 Å². The van der Waals surface area contributed by atoms with Crippen LogP contribution in [0, 0.1) is 6.20 Å². The Balaban J connectivity index is 2.57. The number of hydrogen-bond acceptors (Lipinski definition) is 0. The second-order valence-corrected chi connectivity index (χ2v) is 1.84. The molecule has 0 aromatic carbocycles. The van der Waals surface area contributed by atoms with E-state index < -0.39 is 0 Å². The van der Waals surface area contributed by atoms with E-state index in [-0.39, 0.29) is 0 Å². The molecule has 0 saturated carbocycles. The summed E-state index contributed by atoms with van der Waals surface area (Å²) >= 11 is 0. The molecule has 1 aromatic rings. The van der Waals surface area contributed by atoms with Crippen molar-refractivity contribution in [2.24, 2.45) is 0 Å². The van der Waals surface area contributed by atoms with Gasteiger partial charge in [0, 0.05) is 12.4 Å². The van der Waals surface area contributed by atoms with Gasteiger partial charge in [-0.25, -0.2) is 0 Å². The number of hydrogen-bond donors (Lipinski definition) is 0. The molecule has 0 spiro atoms. The van der Waals surface area contributed by atoms with Gasteiger partial charge in [-0.2, -0.15) is 0 Å². The van der Waals surface area contributed by atoms with E-state index in [1.165, 1.54) is 0 Å². The van der Waals surface area contributed by atoms with Crippen molar-refractivity contribution in [3.8, 4) is 0 Å². The topological polar surface area (TPSA) is 4.93 Å². The Morgan fingerprint density at radius 2 is 2.56 bits per heavy atom. The molecule has 0 fully saturated rings. The molecule has 0 N–H and O–H groups in total. The van der Waals surface area contributed by atoms with E-state index in [1.807, 2.05) is 29.1 Å².